The highest BCUT2D eigenvalue weighted by Crippen LogP contribution is 2.09. The maximum Gasteiger partial charge on any atom is 0.279 e. The summed E-state index contributed by atoms with van der Waals surface area (Å²) in [6, 6.07) is 10.4. The molecule has 1 rings (SSSR count). The summed E-state index contributed by atoms with van der Waals surface area (Å²) < 4.78 is 27.6. The van der Waals surface area contributed by atoms with Gasteiger partial charge in [-0.15, -0.1) is 0 Å². The van der Waals surface area contributed by atoms with Gasteiger partial charge in [0.15, 0.2) is 0 Å². The summed E-state index contributed by atoms with van der Waals surface area (Å²) in [4.78, 5) is 2.26. The highest BCUT2D eigenvalue weighted by atomic mass is 32.2. The van der Waals surface area contributed by atoms with Gasteiger partial charge in [0.2, 0.25) is 0 Å². The molecule has 120 valence electrons. The van der Waals surface area contributed by atoms with Crippen molar-refractivity contribution < 1.29 is 8.42 Å². The minimum atomic E-state index is -3.38. The smallest absolute Gasteiger partial charge is 0.279 e. The molecule has 0 fully saturated rings. The third-order valence-electron chi connectivity index (χ3n) is 3.30. The summed E-state index contributed by atoms with van der Waals surface area (Å²) in [6.45, 7) is 7.61. The van der Waals surface area contributed by atoms with Crippen molar-refractivity contribution in [3.8, 4) is 0 Å². The Balaban J connectivity index is 2.67. The van der Waals surface area contributed by atoms with Gasteiger partial charge in [0.1, 0.15) is 0 Å². The summed E-state index contributed by atoms with van der Waals surface area (Å²) >= 11 is 0. The lowest BCUT2D eigenvalue weighted by Gasteiger charge is -2.30. The Hall–Kier alpha value is -0.950. The van der Waals surface area contributed by atoms with Crippen LogP contribution in [0.2, 0.25) is 0 Å². The Morgan fingerprint density at radius 3 is 2.14 bits per heavy atom. The van der Waals surface area contributed by atoms with E-state index in [2.05, 4.69) is 35.6 Å². The van der Waals surface area contributed by atoms with E-state index in [1.807, 2.05) is 25.1 Å². The molecular formula is C15H27N3O2S. The number of hydrogen-bond donors (Lipinski definition) is 1. The van der Waals surface area contributed by atoms with Gasteiger partial charge >= 0.3 is 0 Å². The van der Waals surface area contributed by atoms with Crippen molar-refractivity contribution >= 4 is 10.2 Å². The molecule has 0 saturated heterocycles. The highest BCUT2D eigenvalue weighted by molar-refractivity contribution is 7.87. The van der Waals surface area contributed by atoms with Crippen LogP contribution in [0, 0.1) is 0 Å². The average molecular weight is 313 g/mol. The third kappa shape index (κ3) is 6.13. The SMILES string of the molecule is CC(CN(Cc1ccccc1)C(C)C)NS(=O)(=O)N(C)C. The van der Waals surface area contributed by atoms with Crippen molar-refractivity contribution in [2.45, 2.75) is 39.4 Å². The molecule has 1 aromatic carbocycles. The fourth-order valence-corrected chi connectivity index (χ4v) is 2.82. The van der Waals surface area contributed by atoms with E-state index < -0.39 is 10.2 Å². The van der Waals surface area contributed by atoms with Gasteiger partial charge in [-0.2, -0.15) is 17.4 Å². The first-order chi connectivity index (χ1) is 9.72. The highest BCUT2D eigenvalue weighted by Gasteiger charge is 2.20. The number of rotatable bonds is 8. The summed E-state index contributed by atoms with van der Waals surface area (Å²) in [5.74, 6) is 0. The van der Waals surface area contributed by atoms with Crippen LogP contribution in [0.1, 0.15) is 26.3 Å². The van der Waals surface area contributed by atoms with Crippen molar-refractivity contribution in [2.75, 3.05) is 20.6 Å². The zero-order valence-corrected chi connectivity index (χ0v) is 14.4. The van der Waals surface area contributed by atoms with Crippen molar-refractivity contribution in [1.82, 2.24) is 13.9 Å². The van der Waals surface area contributed by atoms with Gasteiger partial charge in [-0.3, -0.25) is 4.90 Å². The maximum absolute atomic E-state index is 11.8. The van der Waals surface area contributed by atoms with Crippen LogP contribution in [-0.2, 0) is 16.8 Å². The van der Waals surface area contributed by atoms with E-state index in [4.69, 9.17) is 0 Å². The van der Waals surface area contributed by atoms with Gasteiger partial charge in [0, 0.05) is 39.3 Å². The van der Waals surface area contributed by atoms with Gasteiger partial charge in [0.25, 0.3) is 10.2 Å². The number of nitrogens with one attached hydrogen (secondary N) is 1. The summed E-state index contributed by atoms with van der Waals surface area (Å²) in [5.41, 5.74) is 1.23. The van der Waals surface area contributed by atoms with Crippen LogP contribution in [-0.4, -0.2) is 50.3 Å². The Bertz CT molecular complexity index is 515. The van der Waals surface area contributed by atoms with Crippen LogP contribution in [0.15, 0.2) is 30.3 Å². The van der Waals surface area contributed by atoms with Crippen LogP contribution < -0.4 is 4.72 Å². The van der Waals surface area contributed by atoms with Gasteiger partial charge < -0.3 is 0 Å². The van der Waals surface area contributed by atoms with Crippen molar-refractivity contribution in [3.63, 3.8) is 0 Å². The predicted octanol–water partition coefficient (Wildman–Crippen LogP) is 1.68. The quantitative estimate of drug-likeness (QED) is 0.794. The Labute approximate surface area is 129 Å². The van der Waals surface area contributed by atoms with Crippen molar-refractivity contribution in [2.24, 2.45) is 0 Å². The molecule has 0 bridgehead atoms. The zero-order valence-electron chi connectivity index (χ0n) is 13.6. The normalized spacial score (nSPS) is 14.1. The molecule has 1 aromatic rings. The zero-order chi connectivity index (χ0) is 16.0. The molecule has 0 aliphatic heterocycles. The number of benzene rings is 1. The predicted molar refractivity (Wildman–Crippen MR) is 87.2 cm³/mol. The fraction of sp³-hybridized carbons (Fsp3) is 0.600. The molecule has 1 unspecified atom stereocenters. The van der Waals surface area contributed by atoms with Gasteiger partial charge in [-0.25, -0.2) is 0 Å². The monoisotopic (exact) mass is 313 g/mol. The molecule has 0 heterocycles. The fourth-order valence-electron chi connectivity index (χ4n) is 2.02. The molecular weight excluding hydrogens is 286 g/mol. The summed E-state index contributed by atoms with van der Waals surface area (Å²) in [6.07, 6.45) is 0. The lowest BCUT2D eigenvalue weighted by molar-refractivity contribution is 0.198. The van der Waals surface area contributed by atoms with E-state index in [1.165, 1.54) is 24.0 Å². The van der Waals surface area contributed by atoms with Gasteiger partial charge in [-0.1, -0.05) is 30.3 Å². The molecule has 0 aromatic heterocycles. The second kappa shape index (κ2) is 7.89. The summed E-state index contributed by atoms with van der Waals surface area (Å²) in [7, 11) is -0.331. The molecule has 0 aliphatic rings. The van der Waals surface area contributed by atoms with Crippen LogP contribution in [0.5, 0.6) is 0 Å². The van der Waals surface area contributed by atoms with Gasteiger partial charge in [0.05, 0.1) is 0 Å². The standard InChI is InChI=1S/C15H27N3O2S/c1-13(2)18(12-15-9-7-6-8-10-15)11-14(3)16-21(19,20)17(4)5/h6-10,13-14,16H,11-12H2,1-5H3. The molecule has 5 nitrogen and oxygen atoms in total. The molecule has 1 N–H and O–H groups in total. The lowest BCUT2D eigenvalue weighted by atomic mass is 10.1. The second-order valence-electron chi connectivity index (χ2n) is 5.82. The first kappa shape index (κ1) is 18.1. The summed E-state index contributed by atoms with van der Waals surface area (Å²) in [5, 5.41) is 0. The Morgan fingerprint density at radius 2 is 1.67 bits per heavy atom. The Morgan fingerprint density at radius 1 is 1.10 bits per heavy atom. The first-order valence-corrected chi connectivity index (χ1v) is 8.64. The molecule has 0 aliphatic carbocycles. The number of nitrogens with zero attached hydrogens (tertiary/aromatic N) is 2. The molecule has 0 spiro atoms. The lowest BCUT2D eigenvalue weighted by Crippen LogP contribution is -2.47. The molecule has 1 atom stereocenters. The topological polar surface area (TPSA) is 52.7 Å². The second-order valence-corrected chi connectivity index (χ2v) is 7.73. The van der Waals surface area contributed by atoms with E-state index >= 15 is 0 Å². The van der Waals surface area contributed by atoms with E-state index in [9.17, 15) is 8.42 Å². The molecule has 0 amide bonds. The van der Waals surface area contributed by atoms with Crippen LogP contribution in [0.4, 0.5) is 0 Å². The van der Waals surface area contributed by atoms with E-state index in [-0.39, 0.29) is 6.04 Å². The molecule has 0 saturated carbocycles. The first-order valence-electron chi connectivity index (χ1n) is 7.20. The van der Waals surface area contributed by atoms with Crippen molar-refractivity contribution in [1.29, 1.82) is 0 Å². The van der Waals surface area contributed by atoms with E-state index in [0.717, 1.165) is 6.54 Å². The molecule has 0 radical (unpaired) electrons. The van der Waals surface area contributed by atoms with E-state index in [1.54, 1.807) is 0 Å². The number of hydrogen-bond acceptors (Lipinski definition) is 3. The van der Waals surface area contributed by atoms with E-state index in [0.29, 0.717) is 12.6 Å². The van der Waals surface area contributed by atoms with Crippen molar-refractivity contribution in [3.05, 3.63) is 35.9 Å². The minimum Gasteiger partial charge on any atom is -0.295 e. The molecule has 6 heteroatoms. The van der Waals surface area contributed by atoms with Crippen LogP contribution in [0.3, 0.4) is 0 Å². The Kier molecular flexibility index (Phi) is 6.80. The van der Waals surface area contributed by atoms with Gasteiger partial charge in [-0.05, 0) is 26.3 Å². The minimum absolute atomic E-state index is 0.150. The largest absolute Gasteiger partial charge is 0.295 e. The maximum atomic E-state index is 11.8. The van der Waals surface area contributed by atoms with Crippen LogP contribution >= 0.6 is 0 Å². The third-order valence-corrected chi connectivity index (χ3v) is 4.96. The molecule has 21 heavy (non-hydrogen) atoms. The van der Waals surface area contributed by atoms with Crippen LogP contribution in [0.25, 0.3) is 0 Å². The average Bonchev–Trinajstić information content (AvgIpc) is 2.38.